The standard InChI is InChI=1S/C24H33N3O4/c1-4-11-26(23(28)19-7-8-19)15-20-6-5-12-25(20)16-21-9-10-22(31-21)24(29)27-13-17(2)30-18(3)14-27/h5-6,9-10,12,17-19H,4,7-8,11,13-16H2,1-3H3/t17-,18+. The molecule has 1 saturated carbocycles. The molecule has 1 aliphatic heterocycles. The number of hydrogen-bond acceptors (Lipinski definition) is 4. The summed E-state index contributed by atoms with van der Waals surface area (Å²) >= 11 is 0. The third-order valence-corrected chi connectivity index (χ3v) is 5.91. The lowest BCUT2D eigenvalue weighted by Crippen LogP contribution is -2.48. The van der Waals surface area contributed by atoms with E-state index in [1.807, 2.05) is 43.1 Å². The number of nitrogens with zero attached hydrogens (tertiary/aromatic N) is 3. The Kier molecular flexibility index (Phi) is 6.51. The van der Waals surface area contributed by atoms with E-state index in [2.05, 4.69) is 11.5 Å². The molecule has 2 aromatic heterocycles. The molecule has 4 rings (SSSR count). The molecule has 2 aliphatic rings. The van der Waals surface area contributed by atoms with E-state index in [0.717, 1.165) is 37.3 Å². The maximum atomic E-state index is 12.9. The molecule has 31 heavy (non-hydrogen) atoms. The Labute approximate surface area is 183 Å². The SMILES string of the molecule is CCCN(Cc1cccn1Cc1ccc(C(=O)N2C[C@@H](C)O[C@@H](C)C2)o1)C(=O)C1CC1. The summed E-state index contributed by atoms with van der Waals surface area (Å²) in [6.07, 6.45) is 5.02. The lowest BCUT2D eigenvalue weighted by molar-refractivity contribution is -0.133. The maximum Gasteiger partial charge on any atom is 0.289 e. The predicted octanol–water partition coefficient (Wildman–Crippen LogP) is 3.53. The summed E-state index contributed by atoms with van der Waals surface area (Å²) in [4.78, 5) is 29.2. The van der Waals surface area contributed by atoms with Gasteiger partial charge in [-0.25, -0.2) is 0 Å². The van der Waals surface area contributed by atoms with Crippen LogP contribution in [0.25, 0.3) is 0 Å². The second-order valence-electron chi connectivity index (χ2n) is 8.89. The lowest BCUT2D eigenvalue weighted by atomic mass is 10.2. The van der Waals surface area contributed by atoms with E-state index in [1.54, 1.807) is 11.0 Å². The largest absolute Gasteiger partial charge is 0.454 e. The van der Waals surface area contributed by atoms with E-state index >= 15 is 0 Å². The summed E-state index contributed by atoms with van der Waals surface area (Å²) in [5.41, 5.74) is 1.07. The first-order chi connectivity index (χ1) is 14.9. The molecule has 168 valence electrons. The van der Waals surface area contributed by atoms with Gasteiger partial charge in [0.1, 0.15) is 5.76 Å². The summed E-state index contributed by atoms with van der Waals surface area (Å²) in [7, 11) is 0. The number of carbonyl (C=O) groups is 2. The van der Waals surface area contributed by atoms with Crippen LogP contribution in [0.2, 0.25) is 0 Å². The Morgan fingerprint density at radius 1 is 1.13 bits per heavy atom. The minimum Gasteiger partial charge on any atom is -0.454 e. The van der Waals surface area contributed by atoms with Gasteiger partial charge in [0.25, 0.3) is 5.91 Å². The van der Waals surface area contributed by atoms with Gasteiger partial charge in [0.2, 0.25) is 5.91 Å². The lowest BCUT2D eigenvalue weighted by Gasteiger charge is -2.34. The predicted molar refractivity (Wildman–Crippen MR) is 117 cm³/mol. The van der Waals surface area contributed by atoms with E-state index in [-0.39, 0.29) is 29.9 Å². The van der Waals surface area contributed by atoms with Crippen LogP contribution in [-0.4, -0.2) is 58.0 Å². The fourth-order valence-electron chi connectivity index (χ4n) is 4.31. The van der Waals surface area contributed by atoms with Crippen molar-refractivity contribution in [1.82, 2.24) is 14.4 Å². The highest BCUT2D eigenvalue weighted by atomic mass is 16.5. The molecule has 7 nitrogen and oxygen atoms in total. The number of morpholine rings is 1. The number of aromatic nitrogens is 1. The van der Waals surface area contributed by atoms with Crippen molar-refractivity contribution in [2.24, 2.45) is 5.92 Å². The number of ether oxygens (including phenoxy) is 1. The fourth-order valence-corrected chi connectivity index (χ4v) is 4.31. The highest BCUT2D eigenvalue weighted by Crippen LogP contribution is 2.31. The molecule has 1 saturated heterocycles. The normalized spacial score (nSPS) is 21.3. The summed E-state index contributed by atoms with van der Waals surface area (Å²) in [5.74, 6) is 1.49. The van der Waals surface area contributed by atoms with Crippen LogP contribution in [0.15, 0.2) is 34.9 Å². The molecule has 1 aliphatic carbocycles. The molecule has 2 fully saturated rings. The second-order valence-corrected chi connectivity index (χ2v) is 8.89. The Morgan fingerprint density at radius 2 is 1.87 bits per heavy atom. The van der Waals surface area contributed by atoms with Gasteiger partial charge in [-0.15, -0.1) is 0 Å². The van der Waals surface area contributed by atoms with Crippen molar-refractivity contribution >= 4 is 11.8 Å². The molecule has 2 amide bonds. The molecule has 0 unspecified atom stereocenters. The molecule has 0 radical (unpaired) electrons. The van der Waals surface area contributed by atoms with Gasteiger partial charge in [0, 0.05) is 37.4 Å². The molecular formula is C24H33N3O4. The van der Waals surface area contributed by atoms with E-state index in [9.17, 15) is 9.59 Å². The third-order valence-electron chi connectivity index (χ3n) is 5.91. The Balaban J connectivity index is 1.41. The van der Waals surface area contributed by atoms with Gasteiger partial charge in [0.15, 0.2) is 5.76 Å². The molecule has 3 heterocycles. The summed E-state index contributed by atoms with van der Waals surface area (Å²) in [5, 5.41) is 0. The number of amides is 2. The van der Waals surface area contributed by atoms with Gasteiger partial charge in [0.05, 0.1) is 25.3 Å². The zero-order chi connectivity index (χ0) is 22.0. The first kappa shape index (κ1) is 21.7. The first-order valence-electron chi connectivity index (χ1n) is 11.4. The van der Waals surface area contributed by atoms with E-state index < -0.39 is 0 Å². The molecule has 2 atom stereocenters. The maximum absolute atomic E-state index is 12.9. The Bertz CT molecular complexity index is 904. The van der Waals surface area contributed by atoms with Crippen molar-refractivity contribution in [3.05, 3.63) is 47.7 Å². The van der Waals surface area contributed by atoms with Gasteiger partial charge >= 0.3 is 0 Å². The van der Waals surface area contributed by atoms with Crippen LogP contribution in [0.1, 0.15) is 62.0 Å². The van der Waals surface area contributed by atoms with Crippen LogP contribution in [0.3, 0.4) is 0 Å². The summed E-state index contributed by atoms with van der Waals surface area (Å²) in [6.45, 7) is 9.11. The Hall–Kier alpha value is -2.54. The number of carbonyl (C=O) groups excluding carboxylic acids is 2. The fraction of sp³-hybridized carbons (Fsp3) is 0.583. The van der Waals surface area contributed by atoms with Gasteiger partial charge in [-0.3, -0.25) is 9.59 Å². The van der Waals surface area contributed by atoms with E-state index in [0.29, 0.717) is 31.9 Å². The van der Waals surface area contributed by atoms with Gasteiger partial charge in [-0.05, 0) is 57.4 Å². The van der Waals surface area contributed by atoms with Crippen molar-refractivity contribution in [2.45, 2.75) is 65.3 Å². The number of rotatable bonds is 8. The van der Waals surface area contributed by atoms with Crippen LogP contribution in [-0.2, 0) is 22.6 Å². The van der Waals surface area contributed by atoms with Gasteiger partial charge in [-0.2, -0.15) is 0 Å². The average molecular weight is 428 g/mol. The average Bonchev–Trinajstić information content (AvgIpc) is 3.33. The third kappa shape index (κ3) is 5.21. The molecule has 2 aromatic rings. The van der Waals surface area contributed by atoms with Crippen LogP contribution < -0.4 is 0 Å². The van der Waals surface area contributed by atoms with Crippen LogP contribution in [0, 0.1) is 5.92 Å². The zero-order valence-electron chi connectivity index (χ0n) is 18.8. The molecule has 7 heteroatoms. The van der Waals surface area contributed by atoms with Crippen molar-refractivity contribution in [3.63, 3.8) is 0 Å². The first-order valence-corrected chi connectivity index (χ1v) is 11.4. The topological polar surface area (TPSA) is 67.9 Å². The van der Waals surface area contributed by atoms with Gasteiger partial charge in [-0.1, -0.05) is 6.92 Å². The quantitative estimate of drug-likeness (QED) is 0.646. The number of hydrogen-bond donors (Lipinski definition) is 0. The van der Waals surface area contributed by atoms with Crippen LogP contribution in [0.5, 0.6) is 0 Å². The highest BCUT2D eigenvalue weighted by Gasteiger charge is 2.33. The molecule has 0 spiro atoms. The smallest absolute Gasteiger partial charge is 0.289 e. The molecule has 0 bridgehead atoms. The van der Waals surface area contributed by atoms with E-state index in [1.165, 1.54) is 0 Å². The summed E-state index contributed by atoms with van der Waals surface area (Å²) in [6, 6.07) is 7.66. The minimum absolute atomic E-state index is 0.0222. The minimum atomic E-state index is -0.0925. The Morgan fingerprint density at radius 3 is 2.55 bits per heavy atom. The number of furan rings is 1. The van der Waals surface area contributed by atoms with Gasteiger partial charge < -0.3 is 23.5 Å². The highest BCUT2D eigenvalue weighted by molar-refractivity contribution is 5.91. The van der Waals surface area contributed by atoms with Crippen LogP contribution in [0.4, 0.5) is 0 Å². The van der Waals surface area contributed by atoms with Crippen molar-refractivity contribution in [1.29, 1.82) is 0 Å². The van der Waals surface area contributed by atoms with Crippen molar-refractivity contribution < 1.29 is 18.7 Å². The molecule has 0 aromatic carbocycles. The summed E-state index contributed by atoms with van der Waals surface area (Å²) < 4.78 is 13.7. The molecular weight excluding hydrogens is 394 g/mol. The second kappa shape index (κ2) is 9.30. The van der Waals surface area contributed by atoms with Crippen molar-refractivity contribution in [2.75, 3.05) is 19.6 Å². The van der Waals surface area contributed by atoms with Crippen molar-refractivity contribution in [3.8, 4) is 0 Å². The zero-order valence-corrected chi connectivity index (χ0v) is 18.8. The van der Waals surface area contributed by atoms with Crippen LogP contribution >= 0.6 is 0 Å². The molecule has 0 N–H and O–H groups in total. The monoisotopic (exact) mass is 427 g/mol. The van der Waals surface area contributed by atoms with E-state index in [4.69, 9.17) is 9.15 Å².